The third kappa shape index (κ3) is 4.27. The number of hydrogen-bond donors (Lipinski definition) is 1. The lowest BCUT2D eigenvalue weighted by Gasteiger charge is -2.08. The quantitative estimate of drug-likeness (QED) is 0.301. The van der Waals surface area contributed by atoms with Crippen molar-refractivity contribution < 1.29 is 9.21 Å². The molecule has 4 aromatic rings. The average Bonchev–Trinajstić information content (AvgIpc) is 3.32. The number of aryl methyl sites for hydroxylation is 1. The zero-order valence-corrected chi connectivity index (χ0v) is 17.8. The van der Waals surface area contributed by atoms with E-state index in [1.165, 1.54) is 11.8 Å². The Morgan fingerprint density at radius 1 is 1.27 bits per heavy atom. The van der Waals surface area contributed by atoms with Gasteiger partial charge in [0.25, 0.3) is 0 Å². The summed E-state index contributed by atoms with van der Waals surface area (Å²) in [6.07, 6.45) is 1.75. The van der Waals surface area contributed by atoms with Gasteiger partial charge in [0.05, 0.1) is 5.75 Å². The monoisotopic (exact) mass is 438 g/mol. The van der Waals surface area contributed by atoms with Crippen LogP contribution in [0.25, 0.3) is 22.6 Å². The molecule has 2 aromatic heterocycles. The maximum absolute atomic E-state index is 12.4. The van der Waals surface area contributed by atoms with Crippen molar-refractivity contribution in [3.05, 3.63) is 71.8 Å². The Morgan fingerprint density at radius 3 is 2.90 bits per heavy atom. The molecule has 1 N–H and O–H groups in total. The number of hydrogen-bond acceptors (Lipinski definition) is 5. The summed E-state index contributed by atoms with van der Waals surface area (Å²) < 4.78 is 7.80. The number of anilines is 1. The van der Waals surface area contributed by atoms with E-state index in [0.717, 1.165) is 22.2 Å². The molecule has 0 aliphatic heterocycles. The van der Waals surface area contributed by atoms with E-state index < -0.39 is 0 Å². The number of allylic oxidation sites excluding steroid dienone is 1. The van der Waals surface area contributed by atoms with Gasteiger partial charge in [0.15, 0.2) is 10.9 Å². The van der Waals surface area contributed by atoms with Crippen LogP contribution in [0, 0.1) is 6.92 Å². The smallest absolute Gasteiger partial charge is 0.234 e. The highest BCUT2D eigenvalue weighted by Gasteiger charge is 2.18. The summed E-state index contributed by atoms with van der Waals surface area (Å²) in [5, 5.41) is 13.6. The van der Waals surface area contributed by atoms with Crippen LogP contribution < -0.4 is 5.32 Å². The summed E-state index contributed by atoms with van der Waals surface area (Å²) >= 11 is 7.38. The van der Waals surface area contributed by atoms with E-state index >= 15 is 0 Å². The number of carbonyl (C=O) groups is 1. The third-order valence-corrected chi connectivity index (χ3v) is 5.68. The molecule has 152 valence electrons. The number of aromatic nitrogens is 3. The number of fused-ring (bicyclic) bond motifs is 1. The molecule has 1 amide bonds. The maximum atomic E-state index is 12.4. The first-order valence-corrected chi connectivity index (χ1v) is 10.6. The number of halogens is 1. The minimum absolute atomic E-state index is 0.109. The van der Waals surface area contributed by atoms with Crippen molar-refractivity contribution in [1.82, 2.24) is 14.8 Å². The number of nitrogens with one attached hydrogen (secondary N) is 1. The average molecular weight is 439 g/mol. The Hall–Kier alpha value is -3.03. The van der Waals surface area contributed by atoms with E-state index in [2.05, 4.69) is 22.1 Å². The zero-order valence-electron chi connectivity index (χ0n) is 16.3. The molecule has 0 radical (unpaired) electrons. The number of thioether (sulfide) groups is 1. The lowest BCUT2D eigenvalue weighted by Crippen LogP contribution is -2.15. The number of benzene rings is 2. The molecule has 0 aliphatic rings. The van der Waals surface area contributed by atoms with Gasteiger partial charge >= 0.3 is 0 Å². The van der Waals surface area contributed by atoms with Gasteiger partial charge in [-0.25, -0.2) is 0 Å². The largest absolute Gasteiger partial charge is 0.453 e. The normalized spacial score (nSPS) is 11.0. The first kappa shape index (κ1) is 20.3. The second-order valence-electron chi connectivity index (χ2n) is 6.65. The second-order valence-corrected chi connectivity index (χ2v) is 8.03. The molecule has 0 fully saturated rings. The molecule has 2 heterocycles. The van der Waals surface area contributed by atoms with Gasteiger partial charge in [-0.1, -0.05) is 47.6 Å². The van der Waals surface area contributed by atoms with Crippen LogP contribution in [-0.4, -0.2) is 26.4 Å². The first-order valence-electron chi connectivity index (χ1n) is 9.27. The summed E-state index contributed by atoms with van der Waals surface area (Å²) in [6.45, 7) is 6.26. The molecule has 0 spiro atoms. The predicted molar refractivity (Wildman–Crippen MR) is 121 cm³/mol. The Morgan fingerprint density at radius 2 is 2.10 bits per heavy atom. The van der Waals surface area contributed by atoms with Crippen molar-refractivity contribution >= 4 is 45.9 Å². The topological polar surface area (TPSA) is 73.0 Å². The van der Waals surface area contributed by atoms with Gasteiger partial charge in [-0.3, -0.25) is 9.36 Å². The van der Waals surface area contributed by atoms with Crippen molar-refractivity contribution in [3.63, 3.8) is 0 Å². The van der Waals surface area contributed by atoms with Gasteiger partial charge in [0.1, 0.15) is 5.58 Å². The number of furan rings is 1. The molecule has 2 aromatic carbocycles. The second kappa shape index (κ2) is 8.77. The zero-order chi connectivity index (χ0) is 21.1. The summed E-state index contributed by atoms with van der Waals surface area (Å²) in [5.74, 6) is 1.25. The van der Waals surface area contributed by atoms with Gasteiger partial charge in [0.2, 0.25) is 11.7 Å². The summed E-state index contributed by atoms with van der Waals surface area (Å²) in [7, 11) is 0. The van der Waals surface area contributed by atoms with Crippen molar-refractivity contribution in [2.24, 2.45) is 0 Å². The van der Waals surface area contributed by atoms with Crippen molar-refractivity contribution in [3.8, 4) is 11.6 Å². The van der Waals surface area contributed by atoms with Crippen molar-refractivity contribution in [2.75, 3.05) is 11.1 Å². The fourth-order valence-corrected chi connectivity index (χ4v) is 3.95. The molecular weight excluding hydrogens is 420 g/mol. The molecule has 6 nitrogen and oxygen atoms in total. The van der Waals surface area contributed by atoms with Crippen LogP contribution in [0.5, 0.6) is 0 Å². The molecular formula is C22H19ClN4O2S. The van der Waals surface area contributed by atoms with Gasteiger partial charge in [-0.15, -0.1) is 16.8 Å². The molecule has 0 saturated heterocycles. The number of amides is 1. The number of para-hydroxylation sites is 1. The van der Waals surface area contributed by atoms with Gasteiger partial charge < -0.3 is 9.73 Å². The molecule has 0 bridgehead atoms. The summed E-state index contributed by atoms with van der Waals surface area (Å²) in [6, 6.07) is 15.0. The third-order valence-electron chi connectivity index (χ3n) is 4.48. The summed E-state index contributed by atoms with van der Waals surface area (Å²) in [5.41, 5.74) is 2.53. The van der Waals surface area contributed by atoms with Crippen molar-refractivity contribution in [2.45, 2.75) is 18.6 Å². The Labute approximate surface area is 182 Å². The summed E-state index contributed by atoms with van der Waals surface area (Å²) in [4.78, 5) is 12.4. The van der Waals surface area contributed by atoms with Crippen LogP contribution in [-0.2, 0) is 11.3 Å². The van der Waals surface area contributed by atoms with Gasteiger partial charge in [-0.2, -0.15) is 0 Å². The van der Waals surface area contributed by atoms with Crippen molar-refractivity contribution in [1.29, 1.82) is 0 Å². The van der Waals surface area contributed by atoms with Crippen LogP contribution in [0.15, 0.2) is 70.8 Å². The van der Waals surface area contributed by atoms with E-state index in [9.17, 15) is 4.79 Å². The highest BCUT2D eigenvalue weighted by Crippen LogP contribution is 2.30. The fourth-order valence-electron chi connectivity index (χ4n) is 3.03. The van der Waals surface area contributed by atoms with E-state index in [4.69, 9.17) is 16.0 Å². The van der Waals surface area contributed by atoms with Crippen LogP contribution in [0.4, 0.5) is 5.69 Å². The fraction of sp³-hybridized carbons (Fsp3) is 0.136. The standard InChI is InChI=1S/C22H19ClN4O2S/c1-3-10-27-21(19-12-15-11-16(23)8-9-18(15)29-19)25-26-22(27)30-13-20(28)24-17-7-5-4-6-14(17)2/h3-9,11-12H,1,10,13H2,2H3,(H,24,28). The number of nitrogens with zero attached hydrogens (tertiary/aromatic N) is 3. The van der Waals surface area contributed by atoms with E-state index in [1.807, 2.05) is 54.0 Å². The molecule has 8 heteroatoms. The Balaban J connectivity index is 1.54. The van der Waals surface area contributed by atoms with Gasteiger partial charge in [0, 0.05) is 22.6 Å². The van der Waals surface area contributed by atoms with Crippen LogP contribution >= 0.6 is 23.4 Å². The SMILES string of the molecule is C=CCn1c(SCC(=O)Nc2ccccc2C)nnc1-c1cc2cc(Cl)ccc2o1. The molecule has 0 unspecified atom stereocenters. The highest BCUT2D eigenvalue weighted by molar-refractivity contribution is 7.99. The Kier molecular flexibility index (Phi) is 5.92. The Bertz CT molecular complexity index is 1230. The number of carbonyl (C=O) groups excluding carboxylic acids is 1. The highest BCUT2D eigenvalue weighted by atomic mass is 35.5. The van der Waals surface area contributed by atoms with E-state index in [-0.39, 0.29) is 11.7 Å². The number of rotatable bonds is 7. The maximum Gasteiger partial charge on any atom is 0.234 e. The first-order chi connectivity index (χ1) is 14.5. The lowest BCUT2D eigenvalue weighted by molar-refractivity contribution is -0.113. The molecule has 0 saturated carbocycles. The van der Waals surface area contributed by atoms with Crippen LogP contribution in [0.2, 0.25) is 5.02 Å². The molecule has 0 atom stereocenters. The van der Waals surface area contributed by atoms with Gasteiger partial charge in [-0.05, 0) is 42.8 Å². The molecule has 30 heavy (non-hydrogen) atoms. The van der Waals surface area contributed by atoms with E-state index in [0.29, 0.717) is 28.3 Å². The van der Waals surface area contributed by atoms with E-state index in [1.54, 1.807) is 12.1 Å². The molecule has 0 aliphatic carbocycles. The van der Waals surface area contributed by atoms with Crippen LogP contribution in [0.3, 0.4) is 0 Å². The van der Waals surface area contributed by atoms with Crippen LogP contribution in [0.1, 0.15) is 5.56 Å². The lowest BCUT2D eigenvalue weighted by atomic mass is 10.2. The minimum Gasteiger partial charge on any atom is -0.453 e. The molecule has 4 rings (SSSR count). The predicted octanol–water partition coefficient (Wildman–Crippen LogP) is 5.57. The minimum atomic E-state index is -0.109.